The van der Waals surface area contributed by atoms with Crippen molar-refractivity contribution in [3.63, 3.8) is 0 Å². The Labute approximate surface area is 104 Å². The monoisotopic (exact) mass is 228 g/mol. The number of hydrogen-bond acceptors (Lipinski definition) is 2. The Kier molecular flexibility index (Phi) is 3.11. The first-order valence-corrected chi connectivity index (χ1v) is 6.31. The molecule has 2 nitrogen and oxygen atoms in total. The van der Waals surface area contributed by atoms with Crippen LogP contribution in [0.1, 0.15) is 32.3 Å². The van der Waals surface area contributed by atoms with E-state index < -0.39 is 0 Å². The zero-order chi connectivity index (χ0) is 12.5. The molecular formula is C15H20N2. The van der Waals surface area contributed by atoms with Crippen molar-refractivity contribution in [1.29, 1.82) is 5.26 Å². The van der Waals surface area contributed by atoms with Gasteiger partial charge < -0.3 is 5.32 Å². The summed E-state index contributed by atoms with van der Waals surface area (Å²) in [4.78, 5) is 0. The van der Waals surface area contributed by atoms with E-state index in [0.717, 1.165) is 18.5 Å². The first-order valence-electron chi connectivity index (χ1n) is 6.31. The molecule has 1 aromatic carbocycles. The van der Waals surface area contributed by atoms with Gasteiger partial charge in [-0.2, -0.15) is 5.26 Å². The van der Waals surface area contributed by atoms with E-state index in [1.165, 1.54) is 5.56 Å². The van der Waals surface area contributed by atoms with Crippen LogP contribution in [0.15, 0.2) is 24.3 Å². The lowest BCUT2D eigenvalue weighted by Crippen LogP contribution is -2.50. The molecule has 1 saturated carbocycles. The largest absolute Gasteiger partial charge is 0.367 e. The topological polar surface area (TPSA) is 35.8 Å². The first-order chi connectivity index (χ1) is 8.04. The zero-order valence-electron chi connectivity index (χ0n) is 10.8. The number of rotatable bonds is 3. The summed E-state index contributed by atoms with van der Waals surface area (Å²) in [6, 6.07) is 10.7. The Morgan fingerprint density at radius 1 is 1.29 bits per heavy atom. The van der Waals surface area contributed by atoms with Crippen LogP contribution < -0.4 is 5.32 Å². The SMILES string of the molecule is Cc1ccc(NC2(C#N)CC(C(C)C)C2)cc1. The maximum atomic E-state index is 9.34. The van der Waals surface area contributed by atoms with Crippen LogP contribution in [0, 0.1) is 30.1 Å². The lowest BCUT2D eigenvalue weighted by molar-refractivity contribution is 0.165. The molecule has 0 aromatic heterocycles. The Morgan fingerprint density at radius 3 is 2.35 bits per heavy atom. The molecule has 1 aliphatic carbocycles. The first kappa shape index (κ1) is 12.0. The van der Waals surface area contributed by atoms with Crippen molar-refractivity contribution in [3.05, 3.63) is 29.8 Å². The van der Waals surface area contributed by atoms with Crippen LogP contribution in [0.5, 0.6) is 0 Å². The van der Waals surface area contributed by atoms with Crippen molar-refractivity contribution < 1.29 is 0 Å². The Balaban J connectivity index is 2.03. The van der Waals surface area contributed by atoms with Crippen LogP contribution in [-0.2, 0) is 0 Å². The summed E-state index contributed by atoms with van der Waals surface area (Å²) in [5.41, 5.74) is 1.97. The van der Waals surface area contributed by atoms with E-state index in [0.29, 0.717) is 11.8 Å². The molecule has 2 heteroatoms. The van der Waals surface area contributed by atoms with E-state index in [-0.39, 0.29) is 5.54 Å². The highest BCUT2D eigenvalue weighted by atomic mass is 15.0. The molecule has 0 bridgehead atoms. The van der Waals surface area contributed by atoms with Gasteiger partial charge >= 0.3 is 0 Å². The number of benzene rings is 1. The van der Waals surface area contributed by atoms with Gasteiger partial charge in [0.2, 0.25) is 0 Å². The highest BCUT2D eigenvalue weighted by Crippen LogP contribution is 2.43. The normalized spacial score (nSPS) is 27.4. The molecule has 1 aromatic rings. The highest BCUT2D eigenvalue weighted by Gasteiger charge is 2.45. The van der Waals surface area contributed by atoms with Gasteiger partial charge in [0, 0.05) is 5.69 Å². The summed E-state index contributed by atoms with van der Waals surface area (Å²) in [5.74, 6) is 1.36. The number of anilines is 1. The van der Waals surface area contributed by atoms with E-state index >= 15 is 0 Å². The van der Waals surface area contributed by atoms with Gasteiger partial charge in [-0.3, -0.25) is 0 Å². The lowest BCUT2D eigenvalue weighted by Gasteiger charge is -2.45. The van der Waals surface area contributed by atoms with Gasteiger partial charge in [0.25, 0.3) is 0 Å². The molecule has 0 aliphatic heterocycles. The smallest absolute Gasteiger partial charge is 0.125 e. The minimum atomic E-state index is -0.329. The van der Waals surface area contributed by atoms with E-state index in [2.05, 4.69) is 56.4 Å². The predicted octanol–water partition coefficient (Wildman–Crippen LogP) is 3.74. The summed E-state index contributed by atoms with van der Waals surface area (Å²) in [6.07, 6.45) is 1.93. The van der Waals surface area contributed by atoms with Gasteiger partial charge in [-0.05, 0) is 43.7 Å². The molecular weight excluding hydrogens is 208 g/mol. The maximum absolute atomic E-state index is 9.34. The molecule has 0 spiro atoms. The molecule has 1 fully saturated rings. The van der Waals surface area contributed by atoms with Crippen LogP contribution in [0.3, 0.4) is 0 Å². The predicted molar refractivity (Wildman–Crippen MR) is 70.7 cm³/mol. The van der Waals surface area contributed by atoms with Crippen LogP contribution >= 0.6 is 0 Å². The zero-order valence-corrected chi connectivity index (χ0v) is 10.8. The Hall–Kier alpha value is -1.49. The third-order valence-corrected chi connectivity index (χ3v) is 3.81. The fourth-order valence-electron chi connectivity index (χ4n) is 2.44. The molecule has 0 heterocycles. The van der Waals surface area contributed by atoms with Crippen molar-refractivity contribution in [2.45, 2.75) is 39.2 Å². The van der Waals surface area contributed by atoms with Gasteiger partial charge in [0.1, 0.15) is 5.54 Å². The van der Waals surface area contributed by atoms with Crippen molar-refractivity contribution in [1.82, 2.24) is 0 Å². The molecule has 0 amide bonds. The van der Waals surface area contributed by atoms with Crippen LogP contribution in [0.2, 0.25) is 0 Å². The molecule has 0 atom stereocenters. The Bertz CT molecular complexity index is 419. The van der Waals surface area contributed by atoms with E-state index in [9.17, 15) is 5.26 Å². The van der Waals surface area contributed by atoms with Crippen LogP contribution in [-0.4, -0.2) is 5.54 Å². The summed E-state index contributed by atoms with van der Waals surface area (Å²) in [7, 11) is 0. The van der Waals surface area contributed by atoms with Crippen molar-refractivity contribution in [2.24, 2.45) is 11.8 Å². The third-order valence-electron chi connectivity index (χ3n) is 3.81. The lowest BCUT2D eigenvalue weighted by atomic mass is 9.64. The second-order valence-corrected chi connectivity index (χ2v) is 5.60. The molecule has 1 N–H and O–H groups in total. The van der Waals surface area contributed by atoms with E-state index in [1.807, 2.05) is 0 Å². The fraction of sp³-hybridized carbons (Fsp3) is 0.533. The Morgan fingerprint density at radius 2 is 1.88 bits per heavy atom. The summed E-state index contributed by atoms with van der Waals surface area (Å²) < 4.78 is 0. The molecule has 2 rings (SSSR count). The van der Waals surface area contributed by atoms with Gasteiger partial charge in [-0.25, -0.2) is 0 Å². The highest BCUT2D eigenvalue weighted by molar-refractivity contribution is 5.49. The summed E-state index contributed by atoms with van der Waals surface area (Å²) >= 11 is 0. The van der Waals surface area contributed by atoms with Gasteiger partial charge in [-0.1, -0.05) is 31.5 Å². The number of aryl methyl sites for hydroxylation is 1. The van der Waals surface area contributed by atoms with Crippen LogP contribution in [0.25, 0.3) is 0 Å². The quantitative estimate of drug-likeness (QED) is 0.855. The van der Waals surface area contributed by atoms with Gasteiger partial charge in [0.05, 0.1) is 6.07 Å². The standard InChI is InChI=1S/C15H20N2/c1-11(2)13-8-15(9-13,10-16)17-14-6-4-12(3)5-7-14/h4-7,11,13,17H,8-9H2,1-3H3. The van der Waals surface area contributed by atoms with Crippen molar-refractivity contribution in [2.75, 3.05) is 5.32 Å². The number of nitrogens with zero attached hydrogens (tertiary/aromatic N) is 1. The van der Waals surface area contributed by atoms with Crippen LogP contribution in [0.4, 0.5) is 5.69 Å². The fourth-order valence-corrected chi connectivity index (χ4v) is 2.44. The summed E-state index contributed by atoms with van der Waals surface area (Å²) in [6.45, 7) is 6.54. The van der Waals surface area contributed by atoms with E-state index in [1.54, 1.807) is 0 Å². The van der Waals surface area contributed by atoms with Gasteiger partial charge in [0.15, 0.2) is 0 Å². The van der Waals surface area contributed by atoms with Crippen molar-refractivity contribution >= 4 is 5.69 Å². The summed E-state index contributed by atoms with van der Waals surface area (Å²) in [5, 5.41) is 12.7. The molecule has 0 unspecified atom stereocenters. The maximum Gasteiger partial charge on any atom is 0.125 e. The second-order valence-electron chi connectivity index (χ2n) is 5.60. The number of hydrogen-bond donors (Lipinski definition) is 1. The number of nitriles is 1. The molecule has 17 heavy (non-hydrogen) atoms. The third kappa shape index (κ3) is 2.44. The number of nitrogens with one attached hydrogen (secondary N) is 1. The minimum absolute atomic E-state index is 0.329. The second kappa shape index (κ2) is 4.41. The molecule has 1 aliphatic rings. The average Bonchev–Trinajstić information content (AvgIpc) is 2.25. The van der Waals surface area contributed by atoms with Gasteiger partial charge in [-0.15, -0.1) is 0 Å². The molecule has 90 valence electrons. The average molecular weight is 228 g/mol. The minimum Gasteiger partial charge on any atom is -0.367 e. The van der Waals surface area contributed by atoms with Crippen molar-refractivity contribution in [3.8, 4) is 6.07 Å². The molecule has 0 radical (unpaired) electrons. The van der Waals surface area contributed by atoms with E-state index in [4.69, 9.17) is 0 Å². The molecule has 0 saturated heterocycles.